The zero-order chi connectivity index (χ0) is 34.1. The van der Waals surface area contributed by atoms with Gasteiger partial charge < -0.3 is 38.6 Å². The van der Waals surface area contributed by atoms with Crippen LogP contribution in [0.4, 0.5) is 0 Å². The molecule has 0 heterocycles. The van der Waals surface area contributed by atoms with E-state index in [4.69, 9.17) is 28.4 Å². The van der Waals surface area contributed by atoms with Gasteiger partial charge >= 0.3 is 0 Å². The minimum atomic E-state index is -4.19. The largest absolute Gasteiger partial charge is 0.507 e. The lowest BCUT2D eigenvalue weighted by Gasteiger charge is -2.22. The molecule has 47 heavy (non-hydrogen) atoms. The van der Waals surface area contributed by atoms with Crippen LogP contribution < -0.4 is 28.4 Å². The van der Waals surface area contributed by atoms with Gasteiger partial charge in [0.15, 0.2) is 9.84 Å². The molecule has 248 valence electrons. The molecule has 2 unspecified atom stereocenters. The number of aromatic hydroxyl groups is 2. The Morgan fingerprint density at radius 3 is 1.15 bits per heavy atom. The Bertz CT molecular complexity index is 1700. The van der Waals surface area contributed by atoms with Gasteiger partial charge in [0.2, 0.25) is 0 Å². The van der Waals surface area contributed by atoms with Crippen molar-refractivity contribution in [1.29, 1.82) is 0 Å². The van der Waals surface area contributed by atoms with Crippen molar-refractivity contribution in [3.63, 3.8) is 0 Å². The van der Waals surface area contributed by atoms with E-state index < -0.39 is 20.3 Å². The van der Waals surface area contributed by atoms with Crippen LogP contribution in [0, 0.1) is 0 Å². The van der Waals surface area contributed by atoms with E-state index in [-0.39, 0.29) is 34.1 Å². The number of methoxy groups -OCH3 is 6. The number of phenols is 2. The van der Waals surface area contributed by atoms with Gasteiger partial charge in [-0.3, -0.25) is 0 Å². The number of hydrogen-bond acceptors (Lipinski definition) is 10. The summed E-state index contributed by atoms with van der Waals surface area (Å²) in [6, 6.07) is 19.4. The average molecular weight is 663 g/mol. The summed E-state index contributed by atoms with van der Waals surface area (Å²) in [5.41, 5.74) is 1.44. The first-order valence-electron chi connectivity index (χ1n) is 14.4. The van der Waals surface area contributed by atoms with Crippen molar-refractivity contribution in [1.82, 2.24) is 0 Å². The summed E-state index contributed by atoms with van der Waals surface area (Å²) in [5, 5.41) is 19.2. The quantitative estimate of drug-likeness (QED) is 0.149. The van der Waals surface area contributed by atoms with E-state index in [0.29, 0.717) is 34.1 Å². The molecule has 4 aromatic carbocycles. The van der Waals surface area contributed by atoms with E-state index in [9.17, 15) is 18.6 Å². The molecule has 0 fully saturated rings. The molecule has 0 aliphatic rings. The summed E-state index contributed by atoms with van der Waals surface area (Å²) in [7, 11) is 4.66. The van der Waals surface area contributed by atoms with Crippen LogP contribution in [0.5, 0.6) is 46.0 Å². The molecular formula is C36H38O10S. The third-order valence-electron chi connectivity index (χ3n) is 7.57. The van der Waals surface area contributed by atoms with Crippen LogP contribution >= 0.6 is 0 Å². The monoisotopic (exact) mass is 662 g/mol. The molecule has 0 aliphatic carbocycles. The summed E-state index contributed by atoms with van der Waals surface area (Å²) < 4.78 is 61.8. The normalized spacial score (nSPS) is 12.9. The zero-order valence-corrected chi connectivity index (χ0v) is 27.8. The minimum Gasteiger partial charge on any atom is -0.507 e. The second kappa shape index (κ2) is 15.3. The molecular weight excluding hydrogens is 624 g/mol. The third-order valence-corrected chi connectivity index (χ3v) is 9.85. The van der Waals surface area contributed by atoms with Crippen LogP contribution in [0.25, 0.3) is 12.2 Å². The second-order valence-corrected chi connectivity index (χ2v) is 12.4. The number of sulfone groups is 1. The first-order valence-corrected chi connectivity index (χ1v) is 16.0. The number of benzene rings is 4. The number of rotatable bonds is 14. The Hall–Kier alpha value is -5.29. The first kappa shape index (κ1) is 34.6. The number of hydrogen-bond donors (Lipinski definition) is 2. The molecule has 4 rings (SSSR count). The van der Waals surface area contributed by atoms with Gasteiger partial charge in [0.25, 0.3) is 0 Å². The van der Waals surface area contributed by atoms with Crippen molar-refractivity contribution < 1.29 is 47.1 Å². The second-order valence-electron chi connectivity index (χ2n) is 10.2. The highest BCUT2D eigenvalue weighted by molar-refractivity contribution is 7.92. The van der Waals surface area contributed by atoms with E-state index in [2.05, 4.69) is 0 Å². The maximum Gasteiger partial charge on any atom is 0.171 e. The van der Waals surface area contributed by atoms with Crippen LogP contribution in [-0.4, -0.2) is 61.3 Å². The predicted molar refractivity (Wildman–Crippen MR) is 181 cm³/mol. The molecule has 0 aliphatic heterocycles. The lowest BCUT2D eigenvalue weighted by Crippen LogP contribution is -2.19. The topological polar surface area (TPSA) is 130 Å². The highest BCUT2D eigenvalue weighted by atomic mass is 32.2. The Morgan fingerprint density at radius 2 is 0.851 bits per heavy atom. The Balaban J connectivity index is 1.92. The maximum absolute atomic E-state index is 14.9. The number of ether oxygens (including phenoxy) is 6. The number of phenolic OH excluding ortho intramolecular Hbond substituents is 2. The molecule has 0 saturated carbocycles. The Kier molecular flexibility index (Phi) is 11.3. The van der Waals surface area contributed by atoms with E-state index in [1.165, 1.54) is 79.1 Å². The summed E-state index contributed by atoms with van der Waals surface area (Å²) in [5.74, 6) is 2.12. The molecule has 0 aromatic heterocycles. The molecule has 0 spiro atoms. The maximum atomic E-state index is 14.9. The summed E-state index contributed by atoms with van der Waals surface area (Å²) in [6.07, 6.45) is 6.01. The lowest BCUT2D eigenvalue weighted by molar-refractivity contribution is 0.383. The van der Waals surface area contributed by atoms with Gasteiger partial charge in [-0.25, -0.2) is 8.42 Å². The summed E-state index contributed by atoms with van der Waals surface area (Å²) in [6.45, 7) is 0. The zero-order valence-electron chi connectivity index (χ0n) is 27.0. The van der Waals surface area contributed by atoms with Crippen LogP contribution in [0.15, 0.2) is 84.9 Å². The average Bonchev–Trinajstić information content (AvgIpc) is 3.09. The first-order chi connectivity index (χ1) is 22.6. The van der Waals surface area contributed by atoms with E-state index in [1.807, 2.05) is 0 Å². The fourth-order valence-corrected chi connectivity index (χ4v) is 7.00. The van der Waals surface area contributed by atoms with Crippen molar-refractivity contribution in [2.45, 2.75) is 10.5 Å². The molecule has 2 atom stereocenters. The molecule has 0 saturated heterocycles. The van der Waals surface area contributed by atoms with Gasteiger partial charge in [-0.1, -0.05) is 36.4 Å². The van der Waals surface area contributed by atoms with Gasteiger partial charge in [0, 0.05) is 24.3 Å². The van der Waals surface area contributed by atoms with Crippen LogP contribution in [0.2, 0.25) is 0 Å². The van der Waals surface area contributed by atoms with Gasteiger partial charge in [-0.15, -0.1) is 0 Å². The van der Waals surface area contributed by atoms with Gasteiger partial charge in [0.1, 0.15) is 56.5 Å². The highest BCUT2D eigenvalue weighted by Crippen LogP contribution is 2.41. The molecule has 0 bridgehead atoms. The van der Waals surface area contributed by atoms with E-state index >= 15 is 0 Å². The Labute approximate surface area is 274 Å². The minimum absolute atomic E-state index is 0.156. The van der Waals surface area contributed by atoms with Crippen molar-refractivity contribution in [2.75, 3.05) is 42.7 Å². The predicted octanol–water partition coefficient (Wildman–Crippen LogP) is 6.77. The summed E-state index contributed by atoms with van der Waals surface area (Å²) in [4.78, 5) is 0. The Morgan fingerprint density at radius 1 is 0.511 bits per heavy atom. The smallest absolute Gasteiger partial charge is 0.171 e. The molecule has 10 nitrogen and oxygen atoms in total. The fourth-order valence-electron chi connectivity index (χ4n) is 5.02. The highest BCUT2D eigenvalue weighted by Gasteiger charge is 2.34. The van der Waals surface area contributed by atoms with Crippen LogP contribution in [0.3, 0.4) is 0 Å². The standard InChI is InChI=1S/C36H38O10S/c1-41-25-11-7-23(8-12-25)35(17-15-29-31(37)19-27(43-3)21-33(29)45-5)47(39,40)36(24-9-13-26(42-2)14-10-24)18-16-30-32(38)20-28(44-4)22-34(30)46-6/h7-22,35-38H,1-6H3. The van der Waals surface area contributed by atoms with Gasteiger partial charge in [-0.2, -0.15) is 0 Å². The summed E-state index contributed by atoms with van der Waals surface area (Å²) >= 11 is 0. The van der Waals surface area contributed by atoms with Crippen molar-refractivity contribution in [2.24, 2.45) is 0 Å². The molecule has 4 aromatic rings. The van der Waals surface area contributed by atoms with Crippen LogP contribution in [-0.2, 0) is 9.84 Å². The van der Waals surface area contributed by atoms with Crippen molar-refractivity contribution >= 4 is 22.0 Å². The molecule has 2 N–H and O–H groups in total. The van der Waals surface area contributed by atoms with Gasteiger partial charge in [-0.05, 0) is 47.5 Å². The third kappa shape index (κ3) is 7.75. The fraction of sp³-hybridized carbons (Fsp3) is 0.222. The molecule has 11 heteroatoms. The molecule has 0 amide bonds. The van der Waals surface area contributed by atoms with Crippen molar-refractivity contribution in [3.8, 4) is 46.0 Å². The van der Waals surface area contributed by atoms with Crippen LogP contribution in [0.1, 0.15) is 32.8 Å². The lowest BCUT2D eigenvalue weighted by atomic mass is 10.1. The van der Waals surface area contributed by atoms with E-state index in [1.54, 1.807) is 60.7 Å². The van der Waals surface area contributed by atoms with Crippen molar-refractivity contribution in [3.05, 3.63) is 107 Å². The van der Waals surface area contributed by atoms with Gasteiger partial charge in [0.05, 0.1) is 53.8 Å². The van der Waals surface area contributed by atoms with E-state index in [0.717, 1.165) is 0 Å². The SMILES string of the molecule is COc1ccc(C(C=Cc2c(O)cc(OC)cc2OC)S(=O)(=O)C(C=Cc2c(O)cc(OC)cc2OC)c2ccc(OC)cc2)cc1. The molecule has 0 radical (unpaired) electrons.